The Balaban J connectivity index is 1.28. The summed E-state index contributed by atoms with van der Waals surface area (Å²) in [5.41, 5.74) is 5.98. The van der Waals surface area contributed by atoms with E-state index in [2.05, 4.69) is 82.5 Å². The van der Waals surface area contributed by atoms with Crippen molar-refractivity contribution < 1.29 is 0 Å². The fraction of sp³-hybridized carbons (Fsp3) is 0.438. The van der Waals surface area contributed by atoms with Gasteiger partial charge in [0.2, 0.25) is 0 Å². The van der Waals surface area contributed by atoms with E-state index in [0.717, 1.165) is 41.8 Å². The average Bonchev–Trinajstić information content (AvgIpc) is 2.96. The molecule has 0 spiro atoms. The molecule has 0 atom stereocenters. The first-order chi connectivity index (χ1) is 18.2. The third-order valence-corrected chi connectivity index (χ3v) is 7.57. The molecular formula is C32H41N5. The van der Waals surface area contributed by atoms with Crippen molar-refractivity contribution in [2.45, 2.75) is 71.6 Å². The topological polar surface area (TPSA) is 52.7 Å². The van der Waals surface area contributed by atoms with E-state index in [1.807, 2.05) is 36.4 Å². The molecule has 0 saturated heterocycles. The summed E-state index contributed by atoms with van der Waals surface area (Å²) in [5.74, 6) is 1.65. The van der Waals surface area contributed by atoms with Crippen molar-refractivity contribution in [3.05, 3.63) is 78.4 Å². The van der Waals surface area contributed by atoms with E-state index in [1.165, 1.54) is 56.2 Å². The molecular weight excluding hydrogens is 454 g/mol. The van der Waals surface area contributed by atoms with Gasteiger partial charge in [-0.2, -0.15) is 20.5 Å². The molecule has 4 rings (SSSR count). The predicted octanol–water partition coefficient (Wildman–Crippen LogP) is 10.8. The van der Waals surface area contributed by atoms with E-state index in [1.54, 1.807) is 0 Å². The number of hydrogen-bond donors (Lipinski definition) is 0. The van der Waals surface area contributed by atoms with Crippen molar-refractivity contribution in [1.29, 1.82) is 0 Å². The Hall–Kier alpha value is -3.34. The van der Waals surface area contributed by atoms with Crippen molar-refractivity contribution in [2.24, 2.45) is 26.4 Å². The molecule has 0 radical (unpaired) electrons. The fourth-order valence-electron chi connectivity index (χ4n) is 5.23. The van der Waals surface area contributed by atoms with Crippen LogP contribution in [-0.4, -0.2) is 13.1 Å². The van der Waals surface area contributed by atoms with E-state index in [4.69, 9.17) is 0 Å². The minimum absolute atomic E-state index is 0.700. The van der Waals surface area contributed by atoms with Gasteiger partial charge in [-0.05, 0) is 118 Å². The largest absolute Gasteiger partial charge is 0.372 e. The van der Waals surface area contributed by atoms with E-state index in [-0.39, 0.29) is 0 Å². The number of unbranched alkanes of at least 4 members (excludes halogenated alkanes) is 1. The van der Waals surface area contributed by atoms with Gasteiger partial charge < -0.3 is 4.90 Å². The second kappa shape index (κ2) is 13.8. The smallest absolute Gasteiger partial charge is 0.0858 e. The average molecular weight is 496 g/mol. The Morgan fingerprint density at radius 3 is 1.46 bits per heavy atom. The summed E-state index contributed by atoms with van der Waals surface area (Å²) in [6.45, 7) is 8.60. The van der Waals surface area contributed by atoms with Crippen LogP contribution in [0.15, 0.2) is 93.3 Å². The molecule has 37 heavy (non-hydrogen) atoms. The number of rotatable bonds is 11. The third kappa shape index (κ3) is 7.82. The molecule has 0 heterocycles. The zero-order valence-electron chi connectivity index (χ0n) is 22.7. The number of anilines is 1. The van der Waals surface area contributed by atoms with Gasteiger partial charge in [0.05, 0.1) is 22.7 Å². The van der Waals surface area contributed by atoms with Gasteiger partial charge in [0.25, 0.3) is 0 Å². The minimum Gasteiger partial charge on any atom is -0.372 e. The molecule has 1 fully saturated rings. The molecule has 0 amide bonds. The lowest BCUT2D eigenvalue weighted by Crippen LogP contribution is -2.21. The summed E-state index contributed by atoms with van der Waals surface area (Å²) in [5, 5.41) is 17.6. The van der Waals surface area contributed by atoms with Crippen molar-refractivity contribution in [3.8, 4) is 0 Å². The van der Waals surface area contributed by atoms with Crippen LogP contribution in [0.4, 0.5) is 28.4 Å². The van der Waals surface area contributed by atoms with Crippen LogP contribution >= 0.6 is 0 Å². The van der Waals surface area contributed by atoms with Gasteiger partial charge >= 0.3 is 0 Å². The lowest BCUT2D eigenvalue weighted by Gasteiger charge is -2.28. The van der Waals surface area contributed by atoms with E-state index >= 15 is 0 Å². The summed E-state index contributed by atoms with van der Waals surface area (Å²) in [4.78, 5) is 2.31. The van der Waals surface area contributed by atoms with Gasteiger partial charge in [-0.15, -0.1) is 0 Å². The summed E-state index contributed by atoms with van der Waals surface area (Å²) >= 11 is 0. The van der Waals surface area contributed by atoms with Crippen molar-refractivity contribution >= 4 is 28.4 Å². The molecule has 0 bridgehead atoms. The zero-order chi connectivity index (χ0) is 25.9. The number of azo groups is 2. The van der Waals surface area contributed by atoms with E-state index < -0.39 is 0 Å². The highest BCUT2D eigenvalue weighted by molar-refractivity contribution is 5.53. The van der Waals surface area contributed by atoms with Crippen LogP contribution < -0.4 is 4.90 Å². The van der Waals surface area contributed by atoms with E-state index in [9.17, 15) is 0 Å². The maximum absolute atomic E-state index is 4.44. The first-order valence-corrected chi connectivity index (χ1v) is 14.1. The summed E-state index contributed by atoms with van der Waals surface area (Å²) in [6.07, 6.45) is 9.51. The van der Waals surface area contributed by atoms with Crippen molar-refractivity contribution in [1.82, 2.24) is 0 Å². The number of nitrogens with zero attached hydrogens (tertiary/aromatic N) is 5. The van der Waals surface area contributed by atoms with Gasteiger partial charge in [0.1, 0.15) is 0 Å². The van der Waals surface area contributed by atoms with Gasteiger partial charge in [0, 0.05) is 18.8 Å². The monoisotopic (exact) mass is 495 g/mol. The number of hydrogen-bond acceptors (Lipinski definition) is 5. The van der Waals surface area contributed by atoms with E-state index in [0.29, 0.717) is 5.92 Å². The lowest BCUT2D eigenvalue weighted by molar-refractivity contribution is 0.304. The summed E-state index contributed by atoms with van der Waals surface area (Å²) < 4.78 is 0. The molecule has 3 aromatic rings. The molecule has 0 aliphatic heterocycles. The number of benzene rings is 3. The molecule has 0 unspecified atom stereocenters. The van der Waals surface area contributed by atoms with Crippen LogP contribution in [0.5, 0.6) is 0 Å². The molecule has 1 aliphatic rings. The molecule has 0 N–H and O–H groups in total. The molecule has 0 aromatic heterocycles. The summed E-state index contributed by atoms with van der Waals surface area (Å²) in [6, 6.07) is 24.5. The molecule has 3 aromatic carbocycles. The Morgan fingerprint density at radius 2 is 1.03 bits per heavy atom. The normalized spacial score (nSPS) is 18.0. The van der Waals surface area contributed by atoms with Crippen LogP contribution in [0.2, 0.25) is 0 Å². The molecule has 5 nitrogen and oxygen atoms in total. The second-order valence-corrected chi connectivity index (χ2v) is 10.1. The SMILES string of the molecule is CCCCC1CCC(c2ccc(/N=N/c3ccc(/N=N/c4ccc(N(CC)CC)cc4)cc3)cc2)CC1. The van der Waals surface area contributed by atoms with Crippen LogP contribution in [0.1, 0.15) is 77.2 Å². The standard InChI is InChI=1S/C32H41N5/c1-4-7-8-25-9-11-26(12-10-25)27-13-15-28(16-14-27)33-34-29-17-19-30(20-18-29)35-36-31-21-23-32(24-22-31)37(5-2)6-3/h13-26H,4-12H2,1-3H3/b34-33+,36-35+. The Bertz CT molecular complexity index is 1120. The third-order valence-electron chi connectivity index (χ3n) is 7.57. The molecule has 5 heteroatoms. The second-order valence-electron chi connectivity index (χ2n) is 10.1. The first-order valence-electron chi connectivity index (χ1n) is 14.1. The Morgan fingerprint density at radius 1 is 0.595 bits per heavy atom. The highest BCUT2D eigenvalue weighted by atomic mass is 15.1. The van der Waals surface area contributed by atoms with Crippen LogP contribution in [0, 0.1) is 5.92 Å². The predicted molar refractivity (Wildman–Crippen MR) is 155 cm³/mol. The molecule has 1 aliphatic carbocycles. The van der Waals surface area contributed by atoms with Crippen LogP contribution in [0.3, 0.4) is 0 Å². The quantitative estimate of drug-likeness (QED) is 0.244. The molecule has 194 valence electrons. The van der Waals surface area contributed by atoms with Gasteiger partial charge in [0.15, 0.2) is 0 Å². The Labute approximate surface area is 222 Å². The minimum atomic E-state index is 0.700. The maximum Gasteiger partial charge on any atom is 0.0858 e. The molecule has 1 saturated carbocycles. The highest BCUT2D eigenvalue weighted by Crippen LogP contribution is 2.38. The fourth-order valence-corrected chi connectivity index (χ4v) is 5.23. The van der Waals surface area contributed by atoms with Crippen molar-refractivity contribution in [2.75, 3.05) is 18.0 Å². The first kappa shape index (κ1) is 26.7. The maximum atomic E-state index is 4.44. The summed E-state index contributed by atoms with van der Waals surface area (Å²) in [7, 11) is 0. The highest BCUT2D eigenvalue weighted by Gasteiger charge is 2.21. The van der Waals surface area contributed by atoms with Crippen molar-refractivity contribution in [3.63, 3.8) is 0 Å². The zero-order valence-corrected chi connectivity index (χ0v) is 22.7. The van der Waals surface area contributed by atoms with Gasteiger partial charge in [-0.3, -0.25) is 0 Å². The van der Waals surface area contributed by atoms with Gasteiger partial charge in [-0.25, -0.2) is 0 Å². The van der Waals surface area contributed by atoms with Crippen LogP contribution in [0.25, 0.3) is 0 Å². The Kier molecular flexibility index (Phi) is 9.98. The van der Waals surface area contributed by atoms with Gasteiger partial charge in [-0.1, -0.05) is 38.3 Å². The van der Waals surface area contributed by atoms with Crippen LogP contribution in [-0.2, 0) is 0 Å². The lowest BCUT2D eigenvalue weighted by atomic mass is 9.77.